The Morgan fingerprint density at radius 3 is 2.56 bits per heavy atom. The van der Waals surface area contributed by atoms with Crippen LogP contribution >= 0.6 is 0 Å². The van der Waals surface area contributed by atoms with Crippen molar-refractivity contribution in [1.29, 1.82) is 0 Å². The Morgan fingerprint density at radius 1 is 1.39 bits per heavy atom. The minimum Gasteiger partial charge on any atom is -0.328 e. The number of nitrogens with zero attached hydrogens (tertiary/aromatic N) is 1. The molecule has 0 spiro atoms. The molecule has 0 aliphatic carbocycles. The number of benzene rings is 1. The van der Waals surface area contributed by atoms with Crippen LogP contribution < -0.4 is 11.1 Å². The highest BCUT2D eigenvalue weighted by atomic mass is 19.1. The predicted octanol–water partition coefficient (Wildman–Crippen LogP) is 0.766. The van der Waals surface area contributed by atoms with Crippen LogP contribution in [-0.4, -0.2) is 29.4 Å². The summed E-state index contributed by atoms with van der Waals surface area (Å²) < 4.78 is 12.8. The first kappa shape index (κ1) is 12.5. The van der Waals surface area contributed by atoms with Gasteiger partial charge in [0.05, 0.1) is 6.04 Å². The van der Waals surface area contributed by atoms with E-state index in [1.807, 2.05) is 0 Å². The second kappa shape index (κ2) is 4.73. The Balaban J connectivity index is 2.25. The molecule has 0 saturated carbocycles. The number of hydrogen-bond donors (Lipinski definition) is 2. The first-order valence-corrected chi connectivity index (χ1v) is 5.63. The number of imide groups is 1. The summed E-state index contributed by atoms with van der Waals surface area (Å²) in [5.41, 5.74) is 6.01. The second-order valence-corrected chi connectivity index (χ2v) is 4.23. The first-order valence-electron chi connectivity index (χ1n) is 5.63. The molecule has 1 fully saturated rings. The van der Waals surface area contributed by atoms with Gasteiger partial charge in [-0.3, -0.25) is 9.69 Å². The molecule has 6 heteroatoms. The Kier molecular flexibility index (Phi) is 3.29. The van der Waals surface area contributed by atoms with E-state index in [-0.39, 0.29) is 24.3 Å². The zero-order valence-corrected chi connectivity index (χ0v) is 9.89. The molecule has 2 unspecified atom stereocenters. The van der Waals surface area contributed by atoms with Gasteiger partial charge in [0.2, 0.25) is 0 Å². The lowest BCUT2D eigenvalue weighted by atomic mass is 10.1. The van der Waals surface area contributed by atoms with E-state index in [0.29, 0.717) is 5.56 Å². The Hall–Kier alpha value is -1.95. The molecular weight excluding hydrogens is 237 g/mol. The number of nitrogens with two attached hydrogens (primary N) is 1. The highest BCUT2D eigenvalue weighted by Gasteiger charge is 2.40. The maximum Gasteiger partial charge on any atom is 0.325 e. The third-order valence-electron chi connectivity index (χ3n) is 2.96. The van der Waals surface area contributed by atoms with Crippen LogP contribution in [0.5, 0.6) is 0 Å². The van der Waals surface area contributed by atoms with Crippen LogP contribution in [0.2, 0.25) is 0 Å². The molecule has 1 aromatic rings. The van der Waals surface area contributed by atoms with Crippen molar-refractivity contribution in [2.24, 2.45) is 5.73 Å². The van der Waals surface area contributed by atoms with Gasteiger partial charge in [-0.15, -0.1) is 0 Å². The van der Waals surface area contributed by atoms with Gasteiger partial charge in [0.1, 0.15) is 11.9 Å². The monoisotopic (exact) mass is 251 g/mol. The molecule has 1 heterocycles. The quantitative estimate of drug-likeness (QED) is 0.779. The molecule has 0 radical (unpaired) electrons. The average molecular weight is 251 g/mol. The third kappa shape index (κ3) is 2.06. The summed E-state index contributed by atoms with van der Waals surface area (Å²) in [6, 6.07) is 3.89. The van der Waals surface area contributed by atoms with E-state index in [1.165, 1.54) is 24.3 Å². The molecule has 1 aromatic carbocycles. The number of halogens is 1. The topological polar surface area (TPSA) is 75.4 Å². The Bertz CT molecular complexity index is 475. The number of hydrogen-bond acceptors (Lipinski definition) is 3. The van der Waals surface area contributed by atoms with E-state index in [1.54, 1.807) is 6.92 Å². The minimum atomic E-state index is -0.757. The highest BCUT2D eigenvalue weighted by molar-refractivity contribution is 6.04. The van der Waals surface area contributed by atoms with Gasteiger partial charge in [0.25, 0.3) is 5.91 Å². The Labute approximate surface area is 104 Å². The zero-order valence-electron chi connectivity index (χ0n) is 9.89. The standard InChI is InChI=1S/C12H14FN3O2/c1-7(6-14)16-11(17)10(15-12(16)18)8-2-4-9(13)5-3-8/h2-5,7,10H,6,14H2,1H3,(H,15,18). The summed E-state index contributed by atoms with van der Waals surface area (Å²) in [4.78, 5) is 24.9. The normalized spacial score (nSPS) is 21.1. The summed E-state index contributed by atoms with van der Waals surface area (Å²) in [5, 5.41) is 2.56. The summed E-state index contributed by atoms with van der Waals surface area (Å²) in [5.74, 6) is -0.743. The van der Waals surface area contributed by atoms with Gasteiger partial charge >= 0.3 is 6.03 Å². The van der Waals surface area contributed by atoms with Crippen LogP contribution in [0.15, 0.2) is 24.3 Å². The van der Waals surface area contributed by atoms with Crippen molar-refractivity contribution in [3.05, 3.63) is 35.6 Å². The van der Waals surface area contributed by atoms with Gasteiger partial charge in [0, 0.05) is 6.54 Å². The van der Waals surface area contributed by atoms with Crippen LogP contribution in [-0.2, 0) is 4.79 Å². The zero-order chi connectivity index (χ0) is 13.3. The number of amides is 3. The lowest BCUT2D eigenvalue weighted by Gasteiger charge is -2.19. The maximum absolute atomic E-state index is 12.8. The fourth-order valence-electron chi connectivity index (χ4n) is 1.90. The van der Waals surface area contributed by atoms with Crippen LogP contribution in [0.25, 0.3) is 0 Å². The van der Waals surface area contributed by atoms with E-state index in [4.69, 9.17) is 5.73 Å². The molecule has 18 heavy (non-hydrogen) atoms. The third-order valence-corrected chi connectivity index (χ3v) is 2.96. The van der Waals surface area contributed by atoms with Crippen molar-refractivity contribution < 1.29 is 14.0 Å². The fourth-order valence-corrected chi connectivity index (χ4v) is 1.90. The van der Waals surface area contributed by atoms with E-state index in [0.717, 1.165) is 4.90 Å². The SMILES string of the molecule is CC(CN)N1C(=O)NC(c2ccc(F)cc2)C1=O. The number of carbonyl (C=O) groups is 2. The van der Waals surface area contributed by atoms with Gasteiger partial charge in [-0.25, -0.2) is 9.18 Å². The molecule has 1 aliphatic rings. The van der Waals surface area contributed by atoms with Crippen molar-refractivity contribution in [2.45, 2.75) is 19.0 Å². The second-order valence-electron chi connectivity index (χ2n) is 4.23. The van der Waals surface area contributed by atoms with Crippen molar-refractivity contribution in [3.63, 3.8) is 0 Å². The van der Waals surface area contributed by atoms with E-state index < -0.39 is 12.1 Å². The van der Waals surface area contributed by atoms with Gasteiger partial charge < -0.3 is 11.1 Å². The average Bonchev–Trinajstić information content (AvgIpc) is 2.65. The summed E-state index contributed by atoms with van der Waals surface area (Å²) in [6.45, 7) is 1.90. The van der Waals surface area contributed by atoms with Crippen LogP contribution in [0.3, 0.4) is 0 Å². The Morgan fingerprint density at radius 2 is 2.00 bits per heavy atom. The highest BCUT2D eigenvalue weighted by Crippen LogP contribution is 2.23. The number of urea groups is 1. The molecule has 1 aliphatic heterocycles. The molecule has 1 saturated heterocycles. The first-order chi connectivity index (χ1) is 8.54. The molecule has 5 nitrogen and oxygen atoms in total. The van der Waals surface area contributed by atoms with Crippen molar-refractivity contribution in [3.8, 4) is 0 Å². The minimum absolute atomic E-state index is 0.204. The largest absolute Gasteiger partial charge is 0.328 e. The number of carbonyl (C=O) groups excluding carboxylic acids is 2. The lowest BCUT2D eigenvalue weighted by molar-refractivity contribution is -0.128. The lowest BCUT2D eigenvalue weighted by Crippen LogP contribution is -2.42. The molecule has 0 aromatic heterocycles. The molecule has 3 N–H and O–H groups in total. The summed E-state index contributed by atoms with van der Waals surface area (Å²) >= 11 is 0. The molecule has 0 bridgehead atoms. The van der Waals surface area contributed by atoms with Gasteiger partial charge in [-0.2, -0.15) is 0 Å². The molecular formula is C12H14FN3O2. The van der Waals surface area contributed by atoms with Gasteiger partial charge in [-0.1, -0.05) is 12.1 Å². The summed E-state index contributed by atoms with van der Waals surface area (Å²) in [7, 11) is 0. The smallest absolute Gasteiger partial charge is 0.325 e. The molecule has 2 atom stereocenters. The van der Waals surface area contributed by atoms with Crippen LogP contribution in [0.1, 0.15) is 18.5 Å². The van der Waals surface area contributed by atoms with E-state index in [9.17, 15) is 14.0 Å². The van der Waals surface area contributed by atoms with E-state index in [2.05, 4.69) is 5.32 Å². The molecule has 2 rings (SSSR count). The number of nitrogens with one attached hydrogen (secondary N) is 1. The number of rotatable bonds is 3. The predicted molar refractivity (Wildman–Crippen MR) is 63.0 cm³/mol. The molecule has 3 amide bonds. The maximum atomic E-state index is 12.8. The van der Waals surface area contributed by atoms with Crippen LogP contribution in [0, 0.1) is 5.82 Å². The van der Waals surface area contributed by atoms with E-state index >= 15 is 0 Å². The fraction of sp³-hybridized carbons (Fsp3) is 0.333. The van der Waals surface area contributed by atoms with Crippen molar-refractivity contribution >= 4 is 11.9 Å². The van der Waals surface area contributed by atoms with Gasteiger partial charge in [0.15, 0.2) is 0 Å². The van der Waals surface area contributed by atoms with Crippen molar-refractivity contribution in [2.75, 3.05) is 6.54 Å². The summed E-state index contributed by atoms with van der Waals surface area (Å²) in [6.07, 6.45) is 0. The van der Waals surface area contributed by atoms with Gasteiger partial charge in [-0.05, 0) is 24.6 Å². The van der Waals surface area contributed by atoms with Crippen LogP contribution in [0.4, 0.5) is 9.18 Å². The van der Waals surface area contributed by atoms with Crippen molar-refractivity contribution in [1.82, 2.24) is 10.2 Å². The molecule has 96 valence electrons.